The van der Waals surface area contributed by atoms with Gasteiger partial charge in [0.2, 0.25) is 5.95 Å². The number of pyridine rings is 1. The van der Waals surface area contributed by atoms with E-state index in [9.17, 15) is 5.11 Å². The molecule has 0 saturated heterocycles. The molecule has 0 aliphatic heterocycles. The van der Waals surface area contributed by atoms with E-state index >= 15 is 0 Å². The SMILES string of the molecule is Cc1c[nH]c2cc(Nc3nc4cccc(NC[C@H]5CC[C@H](O)C5)n4n3)ccc12. The maximum absolute atomic E-state index is 9.71. The average molecular weight is 376 g/mol. The van der Waals surface area contributed by atoms with Crippen LogP contribution in [0, 0.1) is 12.8 Å². The first-order chi connectivity index (χ1) is 13.7. The van der Waals surface area contributed by atoms with Crippen molar-refractivity contribution in [3.63, 3.8) is 0 Å². The molecule has 0 bridgehead atoms. The Morgan fingerprint density at radius 2 is 2.18 bits per heavy atom. The topological polar surface area (TPSA) is 90.3 Å². The molecule has 0 spiro atoms. The number of anilines is 3. The Labute approximate surface area is 162 Å². The number of aromatic nitrogens is 4. The van der Waals surface area contributed by atoms with Crippen molar-refractivity contribution < 1.29 is 5.11 Å². The van der Waals surface area contributed by atoms with Crippen molar-refractivity contribution in [1.29, 1.82) is 0 Å². The number of nitrogens with one attached hydrogen (secondary N) is 3. The van der Waals surface area contributed by atoms with Crippen LogP contribution < -0.4 is 10.6 Å². The van der Waals surface area contributed by atoms with Gasteiger partial charge in [-0.1, -0.05) is 12.1 Å². The Morgan fingerprint density at radius 3 is 3.04 bits per heavy atom. The first kappa shape index (κ1) is 17.1. The highest BCUT2D eigenvalue weighted by Gasteiger charge is 2.22. The first-order valence-electron chi connectivity index (χ1n) is 9.78. The molecule has 144 valence electrons. The standard InChI is InChI=1S/C21H24N6O/c1-13-11-22-18-10-15(6-8-17(13)18)24-21-25-20-4-2-3-19(27(20)26-21)23-12-14-5-7-16(28)9-14/h2-4,6,8,10-11,14,16,22-23,28H,5,7,9,12H2,1H3,(H,24,26)/t14-,16-/m0/s1. The molecule has 7 heteroatoms. The largest absolute Gasteiger partial charge is 0.393 e. The highest BCUT2D eigenvalue weighted by atomic mass is 16.3. The Morgan fingerprint density at radius 1 is 1.25 bits per heavy atom. The molecule has 0 unspecified atom stereocenters. The van der Waals surface area contributed by atoms with Crippen LogP contribution in [-0.2, 0) is 0 Å². The van der Waals surface area contributed by atoms with Crippen LogP contribution in [0.25, 0.3) is 16.6 Å². The summed E-state index contributed by atoms with van der Waals surface area (Å²) in [5, 5.41) is 22.3. The third-order valence-corrected chi connectivity index (χ3v) is 5.59. The average Bonchev–Trinajstić information content (AvgIpc) is 3.39. The summed E-state index contributed by atoms with van der Waals surface area (Å²) < 4.78 is 1.82. The number of aryl methyl sites for hydroxylation is 1. The Bertz CT molecular complexity index is 1130. The highest BCUT2D eigenvalue weighted by Crippen LogP contribution is 2.26. The summed E-state index contributed by atoms with van der Waals surface area (Å²) in [5.41, 5.74) is 4.06. The van der Waals surface area contributed by atoms with Crippen LogP contribution in [0.3, 0.4) is 0 Å². The molecule has 7 nitrogen and oxygen atoms in total. The van der Waals surface area contributed by atoms with Gasteiger partial charge in [-0.3, -0.25) is 0 Å². The molecule has 2 atom stereocenters. The van der Waals surface area contributed by atoms with Gasteiger partial charge in [-0.2, -0.15) is 9.50 Å². The lowest BCUT2D eigenvalue weighted by molar-refractivity contribution is 0.178. The summed E-state index contributed by atoms with van der Waals surface area (Å²) >= 11 is 0. The maximum Gasteiger partial charge on any atom is 0.247 e. The Balaban J connectivity index is 1.36. The maximum atomic E-state index is 9.71. The number of fused-ring (bicyclic) bond motifs is 2. The van der Waals surface area contributed by atoms with E-state index in [0.29, 0.717) is 11.9 Å². The van der Waals surface area contributed by atoms with Gasteiger partial charge in [0.15, 0.2) is 5.65 Å². The van der Waals surface area contributed by atoms with E-state index in [2.05, 4.69) is 44.8 Å². The van der Waals surface area contributed by atoms with Gasteiger partial charge in [0.05, 0.1) is 6.10 Å². The van der Waals surface area contributed by atoms with Crippen LogP contribution in [0.15, 0.2) is 42.6 Å². The second-order valence-corrected chi connectivity index (χ2v) is 7.69. The second-order valence-electron chi connectivity index (χ2n) is 7.69. The number of aliphatic hydroxyl groups is 1. The van der Waals surface area contributed by atoms with E-state index in [-0.39, 0.29) is 6.10 Å². The molecule has 4 aromatic rings. The summed E-state index contributed by atoms with van der Waals surface area (Å²) in [6.45, 7) is 2.93. The minimum absolute atomic E-state index is 0.148. The lowest BCUT2D eigenvalue weighted by Gasteiger charge is -2.12. The first-order valence-corrected chi connectivity index (χ1v) is 9.78. The van der Waals surface area contributed by atoms with Crippen molar-refractivity contribution in [2.24, 2.45) is 5.92 Å². The molecule has 1 fully saturated rings. The molecule has 0 amide bonds. The third kappa shape index (κ3) is 3.18. The van der Waals surface area contributed by atoms with Gasteiger partial charge < -0.3 is 20.7 Å². The molecule has 3 aromatic heterocycles. The van der Waals surface area contributed by atoms with Gasteiger partial charge in [-0.05, 0) is 61.9 Å². The molecular formula is C21H24N6O. The van der Waals surface area contributed by atoms with E-state index in [1.165, 1.54) is 10.9 Å². The number of hydrogen-bond acceptors (Lipinski definition) is 5. The predicted octanol–water partition coefficient (Wildman–Crippen LogP) is 3.84. The molecule has 1 aromatic carbocycles. The predicted molar refractivity (Wildman–Crippen MR) is 111 cm³/mol. The van der Waals surface area contributed by atoms with Gasteiger partial charge in [0.25, 0.3) is 0 Å². The number of H-pyrrole nitrogens is 1. The zero-order valence-corrected chi connectivity index (χ0v) is 15.8. The fraction of sp³-hybridized carbons (Fsp3) is 0.333. The fourth-order valence-electron chi connectivity index (χ4n) is 4.05. The van der Waals surface area contributed by atoms with Crippen LogP contribution in [0.4, 0.5) is 17.5 Å². The van der Waals surface area contributed by atoms with Crippen molar-refractivity contribution in [3.05, 3.63) is 48.2 Å². The molecule has 1 aliphatic carbocycles. The zero-order chi connectivity index (χ0) is 19.1. The molecule has 5 rings (SSSR count). The van der Waals surface area contributed by atoms with Crippen LogP contribution in [0.1, 0.15) is 24.8 Å². The minimum atomic E-state index is -0.148. The fourth-order valence-corrected chi connectivity index (χ4v) is 4.05. The van der Waals surface area contributed by atoms with Gasteiger partial charge in [-0.25, -0.2) is 0 Å². The lowest BCUT2D eigenvalue weighted by atomic mass is 10.1. The summed E-state index contributed by atoms with van der Waals surface area (Å²) in [5.74, 6) is 1.98. The van der Waals surface area contributed by atoms with E-state index in [0.717, 1.165) is 48.5 Å². The van der Waals surface area contributed by atoms with Gasteiger partial charge >= 0.3 is 0 Å². The summed E-state index contributed by atoms with van der Waals surface area (Å²) in [6.07, 6.45) is 4.70. The molecule has 4 N–H and O–H groups in total. The molecule has 3 heterocycles. The van der Waals surface area contributed by atoms with E-state index < -0.39 is 0 Å². The van der Waals surface area contributed by atoms with Crippen LogP contribution in [-0.4, -0.2) is 37.3 Å². The van der Waals surface area contributed by atoms with E-state index in [1.54, 1.807) is 0 Å². The van der Waals surface area contributed by atoms with Crippen molar-refractivity contribution in [2.75, 3.05) is 17.2 Å². The third-order valence-electron chi connectivity index (χ3n) is 5.59. The normalized spacial score (nSPS) is 19.5. The second kappa shape index (κ2) is 6.83. The van der Waals surface area contributed by atoms with Crippen molar-refractivity contribution in [2.45, 2.75) is 32.3 Å². The molecular weight excluding hydrogens is 352 g/mol. The van der Waals surface area contributed by atoms with Gasteiger partial charge in [-0.15, -0.1) is 5.10 Å². The minimum Gasteiger partial charge on any atom is -0.393 e. The summed E-state index contributed by atoms with van der Waals surface area (Å²) in [7, 11) is 0. The Kier molecular flexibility index (Phi) is 4.16. The number of rotatable bonds is 5. The number of aliphatic hydroxyl groups excluding tert-OH is 1. The zero-order valence-electron chi connectivity index (χ0n) is 15.8. The van der Waals surface area contributed by atoms with Crippen molar-refractivity contribution >= 4 is 34.0 Å². The number of hydrogen-bond donors (Lipinski definition) is 4. The number of aromatic amines is 1. The van der Waals surface area contributed by atoms with Gasteiger partial charge in [0, 0.05) is 29.3 Å². The highest BCUT2D eigenvalue weighted by molar-refractivity contribution is 5.86. The van der Waals surface area contributed by atoms with Crippen LogP contribution in [0.2, 0.25) is 0 Å². The van der Waals surface area contributed by atoms with Crippen molar-refractivity contribution in [3.8, 4) is 0 Å². The van der Waals surface area contributed by atoms with Crippen LogP contribution >= 0.6 is 0 Å². The molecule has 1 aliphatic rings. The number of benzene rings is 1. The smallest absolute Gasteiger partial charge is 0.247 e. The number of nitrogens with zero attached hydrogens (tertiary/aromatic N) is 3. The van der Waals surface area contributed by atoms with E-state index in [1.807, 2.05) is 35.0 Å². The Hall–Kier alpha value is -3.06. The molecule has 0 radical (unpaired) electrons. The van der Waals surface area contributed by atoms with E-state index in [4.69, 9.17) is 0 Å². The summed E-state index contributed by atoms with van der Waals surface area (Å²) in [4.78, 5) is 7.88. The summed E-state index contributed by atoms with van der Waals surface area (Å²) in [6, 6.07) is 12.1. The van der Waals surface area contributed by atoms with Crippen molar-refractivity contribution in [1.82, 2.24) is 19.6 Å². The molecule has 28 heavy (non-hydrogen) atoms. The lowest BCUT2D eigenvalue weighted by Crippen LogP contribution is -2.14. The monoisotopic (exact) mass is 376 g/mol. The quantitative estimate of drug-likeness (QED) is 0.425. The molecule has 1 saturated carbocycles. The van der Waals surface area contributed by atoms with Gasteiger partial charge in [0.1, 0.15) is 5.82 Å². The van der Waals surface area contributed by atoms with Crippen LogP contribution in [0.5, 0.6) is 0 Å².